The summed E-state index contributed by atoms with van der Waals surface area (Å²) in [5.74, 6) is 0. The Morgan fingerprint density at radius 2 is 1.53 bits per heavy atom. The van der Waals surface area contributed by atoms with E-state index in [1.165, 1.54) is 28.6 Å². The lowest BCUT2D eigenvalue weighted by Gasteiger charge is -2.31. The van der Waals surface area contributed by atoms with Crippen molar-refractivity contribution in [3.63, 3.8) is 0 Å². The molecule has 0 saturated heterocycles. The molecule has 0 amide bonds. The van der Waals surface area contributed by atoms with Crippen LogP contribution in [0.4, 0.5) is 11.4 Å². The topological polar surface area (TPSA) is 83.6 Å². The van der Waals surface area contributed by atoms with E-state index in [1.807, 2.05) is 0 Å². The van der Waals surface area contributed by atoms with Crippen molar-refractivity contribution in [1.82, 2.24) is 0 Å². The van der Waals surface area contributed by atoms with E-state index in [0.29, 0.717) is 29.4 Å². The minimum Gasteiger partial charge on any atom is -0.280 e. The molecule has 0 saturated carbocycles. The average molecular weight is 463 g/mol. The van der Waals surface area contributed by atoms with E-state index < -0.39 is 20.0 Å². The number of aryl methyl sites for hydroxylation is 1. The van der Waals surface area contributed by atoms with Gasteiger partial charge in [-0.3, -0.25) is 9.03 Å². The van der Waals surface area contributed by atoms with Gasteiger partial charge in [-0.25, -0.2) is 16.8 Å². The number of hydrogen-bond acceptors (Lipinski definition) is 4. The van der Waals surface area contributed by atoms with Gasteiger partial charge >= 0.3 is 0 Å². The highest BCUT2D eigenvalue weighted by molar-refractivity contribution is 7.93. The predicted molar refractivity (Wildman–Crippen MR) is 118 cm³/mol. The van der Waals surface area contributed by atoms with Crippen molar-refractivity contribution in [2.45, 2.75) is 22.6 Å². The largest absolute Gasteiger partial charge is 0.280 e. The highest BCUT2D eigenvalue weighted by atomic mass is 35.5. The summed E-state index contributed by atoms with van der Waals surface area (Å²) in [5.41, 5.74) is 1.63. The molecule has 30 heavy (non-hydrogen) atoms. The number of anilines is 2. The van der Waals surface area contributed by atoms with Crippen LogP contribution in [0.3, 0.4) is 0 Å². The van der Waals surface area contributed by atoms with Crippen LogP contribution in [0, 0.1) is 0 Å². The van der Waals surface area contributed by atoms with Gasteiger partial charge in [0.2, 0.25) is 0 Å². The molecule has 1 aliphatic rings. The molecular formula is C21H19ClN2O4S2. The van der Waals surface area contributed by atoms with Crippen molar-refractivity contribution < 1.29 is 16.8 Å². The third kappa shape index (κ3) is 4.03. The molecule has 0 unspecified atom stereocenters. The molecule has 6 nitrogen and oxygen atoms in total. The van der Waals surface area contributed by atoms with Gasteiger partial charge in [-0.15, -0.1) is 0 Å². The summed E-state index contributed by atoms with van der Waals surface area (Å²) in [6, 6.07) is 19.0. The van der Waals surface area contributed by atoms with Crippen LogP contribution in [0.25, 0.3) is 0 Å². The Morgan fingerprint density at radius 3 is 2.23 bits per heavy atom. The number of fused-ring (bicyclic) bond motifs is 1. The molecule has 0 aliphatic carbocycles. The Hall–Kier alpha value is -2.55. The lowest BCUT2D eigenvalue weighted by molar-refractivity contribution is 0.586. The summed E-state index contributed by atoms with van der Waals surface area (Å²) in [5, 5.41) is 0.435. The first-order chi connectivity index (χ1) is 14.3. The molecule has 1 N–H and O–H groups in total. The van der Waals surface area contributed by atoms with Crippen molar-refractivity contribution >= 4 is 43.0 Å². The smallest absolute Gasteiger partial charge is 0.264 e. The zero-order valence-corrected chi connectivity index (χ0v) is 18.2. The lowest BCUT2D eigenvalue weighted by atomic mass is 10.0. The Bertz CT molecular complexity index is 1280. The average Bonchev–Trinajstić information content (AvgIpc) is 2.74. The maximum absolute atomic E-state index is 13.2. The zero-order valence-electron chi connectivity index (χ0n) is 15.8. The van der Waals surface area contributed by atoms with E-state index in [-0.39, 0.29) is 9.79 Å². The van der Waals surface area contributed by atoms with Crippen molar-refractivity contribution in [2.75, 3.05) is 15.6 Å². The molecule has 0 atom stereocenters. The Kier molecular flexibility index (Phi) is 5.48. The van der Waals surface area contributed by atoms with E-state index in [0.717, 1.165) is 12.0 Å². The highest BCUT2D eigenvalue weighted by Crippen LogP contribution is 2.34. The number of hydrogen-bond donors (Lipinski definition) is 1. The Morgan fingerprint density at radius 1 is 0.833 bits per heavy atom. The van der Waals surface area contributed by atoms with E-state index in [2.05, 4.69) is 4.72 Å². The van der Waals surface area contributed by atoms with Gasteiger partial charge in [0.15, 0.2) is 0 Å². The van der Waals surface area contributed by atoms with Crippen LogP contribution >= 0.6 is 11.6 Å². The van der Waals surface area contributed by atoms with Crippen molar-refractivity contribution in [3.05, 3.63) is 83.4 Å². The van der Waals surface area contributed by atoms with Gasteiger partial charge in [0.1, 0.15) is 0 Å². The molecule has 3 aromatic carbocycles. The summed E-state index contributed by atoms with van der Waals surface area (Å²) in [4.78, 5) is 0.267. The lowest BCUT2D eigenvalue weighted by Crippen LogP contribution is -2.35. The third-order valence-corrected chi connectivity index (χ3v) is 8.35. The first-order valence-corrected chi connectivity index (χ1v) is 12.6. The van der Waals surface area contributed by atoms with Gasteiger partial charge in [0.05, 0.1) is 21.2 Å². The Labute approximate surface area is 181 Å². The van der Waals surface area contributed by atoms with Gasteiger partial charge in [0, 0.05) is 11.6 Å². The molecule has 0 radical (unpaired) electrons. The maximum Gasteiger partial charge on any atom is 0.264 e. The summed E-state index contributed by atoms with van der Waals surface area (Å²) < 4.78 is 55.6. The molecule has 4 rings (SSSR count). The fourth-order valence-corrected chi connectivity index (χ4v) is 6.13. The molecule has 0 aromatic heterocycles. The first kappa shape index (κ1) is 20.7. The van der Waals surface area contributed by atoms with Gasteiger partial charge in [0.25, 0.3) is 20.0 Å². The minimum absolute atomic E-state index is 0.0679. The molecule has 0 bridgehead atoms. The van der Waals surface area contributed by atoms with Gasteiger partial charge in [-0.2, -0.15) is 0 Å². The highest BCUT2D eigenvalue weighted by Gasteiger charge is 2.29. The van der Waals surface area contributed by atoms with Crippen LogP contribution in [0.1, 0.15) is 12.0 Å². The van der Waals surface area contributed by atoms with Crippen molar-refractivity contribution in [1.29, 1.82) is 0 Å². The van der Waals surface area contributed by atoms with Gasteiger partial charge < -0.3 is 0 Å². The molecule has 0 spiro atoms. The second kappa shape index (κ2) is 7.94. The SMILES string of the molecule is O=S(=O)(Nc1ccc2c(c1)N(S(=O)(=O)c1ccccc1)CCC2)c1ccc(Cl)cc1. The van der Waals surface area contributed by atoms with Crippen molar-refractivity contribution in [3.8, 4) is 0 Å². The van der Waals surface area contributed by atoms with Crippen LogP contribution in [0.2, 0.25) is 5.02 Å². The normalized spacial score (nSPS) is 14.2. The maximum atomic E-state index is 13.2. The molecular weight excluding hydrogens is 444 g/mol. The van der Waals surface area contributed by atoms with Crippen LogP contribution < -0.4 is 9.03 Å². The van der Waals surface area contributed by atoms with Crippen LogP contribution in [0.15, 0.2) is 82.6 Å². The van der Waals surface area contributed by atoms with E-state index in [4.69, 9.17) is 11.6 Å². The number of benzene rings is 3. The standard InChI is InChI=1S/C21H19ClN2O4S2/c22-17-9-12-19(13-10-17)29(25,26)23-18-11-8-16-5-4-14-24(21(16)15-18)30(27,28)20-6-2-1-3-7-20/h1-3,6-13,15,23H,4-5,14H2. The van der Waals surface area contributed by atoms with E-state index in [1.54, 1.807) is 48.5 Å². The van der Waals surface area contributed by atoms with Crippen molar-refractivity contribution in [2.24, 2.45) is 0 Å². The van der Waals surface area contributed by atoms with E-state index >= 15 is 0 Å². The van der Waals surface area contributed by atoms with Crippen LogP contribution in [-0.4, -0.2) is 23.4 Å². The molecule has 156 valence electrons. The second-order valence-electron chi connectivity index (χ2n) is 6.90. The summed E-state index contributed by atoms with van der Waals surface area (Å²) in [6.45, 7) is 0.331. The quantitative estimate of drug-likeness (QED) is 0.613. The monoisotopic (exact) mass is 462 g/mol. The van der Waals surface area contributed by atoms with E-state index in [9.17, 15) is 16.8 Å². The molecule has 0 fully saturated rings. The third-order valence-electron chi connectivity index (χ3n) is 4.87. The van der Waals surface area contributed by atoms with Gasteiger partial charge in [-0.05, 0) is 66.9 Å². The zero-order chi connectivity index (χ0) is 21.4. The van der Waals surface area contributed by atoms with Crippen LogP contribution in [-0.2, 0) is 26.5 Å². The summed E-state index contributed by atoms with van der Waals surface area (Å²) >= 11 is 5.83. The number of sulfonamides is 2. The fourth-order valence-electron chi connectivity index (χ4n) is 3.40. The number of nitrogens with one attached hydrogen (secondary N) is 1. The Balaban J connectivity index is 1.70. The summed E-state index contributed by atoms with van der Waals surface area (Å²) in [6.07, 6.45) is 1.41. The second-order valence-corrected chi connectivity index (χ2v) is 10.9. The van der Waals surface area contributed by atoms with Crippen LogP contribution in [0.5, 0.6) is 0 Å². The molecule has 1 aliphatic heterocycles. The molecule has 1 heterocycles. The number of rotatable bonds is 5. The minimum atomic E-state index is -3.84. The fraction of sp³-hybridized carbons (Fsp3) is 0.143. The number of nitrogens with zero attached hydrogens (tertiary/aromatic N) is 1. The first-order valence-electron chi connectivity index (χ1n) is 9.26. The molecule has 3 aromatic rings. The predicted octanol–water partition coefficient (Wildman–Crippen LogP) is 4.28. The number of halogens is 1. The summed E-state index contributed by atoms with van der Waals surface area (Å²) in [7, 11) is -7.59. The molecule has 9 heteroatoms. The van der Waals surface area contributed by atoms with Gasteiger partial charge in [-0.1, -0.05) is 35.9 Å².